The average Bonchev–Trinajstić information content (AvgIpc) is 2.97. The van der Waals surface area contributed by atoms with E-state index in [1.54, 1.807) is 30.3 Å². The van der Waals surface area contributed by atoms with Crippen molar-refractivity contribution in [1.82, 2.24) is 14.8 Å². The van der Waals surface area contributed by atoms with Crippen molar-refractivity contribution in [2.75, 3.05) is 7.04 Å². The van der Waals surface area contributed by atoms with E-state index in [2.05, 4.69) is 10.1 Å². The molecule has 0 aliphatic heterocycles. The number of methoxy groups -OCH3 is 1. The highest BCUT2D eigenvalue weighted by molar-refractivity contribution is 6.02. The molecule has 0 fully saturated rings. The van der Waals surface area contributed by atoms with Gasteiger partial charge in [0.25, 0.3) is 5.56 Å². The number of fused-ring (bicyclic) bond motifs is 3. The van der Waals surface area contributed by atoms with Gasteiger partial charge in [0.05, 0.1) is 39.9 Å². The number of hydrogen-bond acceptors (Lipinski definition) is 4. The number of aromatic nitrogens is 3. The Hall–Kier alpha value is -3.12. The largest absolute Gasteiger partial charge is 0.497 e. The lowest BCUT2D eigenvalue weighted by Gasteiger charge is -2.04. The monoisotopic (exact) mass is 324 g/mol. The van der Waals surface area contributed by atoms with Crippen molar-refractivity contribution in [2.24, 2.45) is 0 Å². The number of H-pyrrole nitrogens is 1. The molecule has 0 radical (unpaired) electrons. The Morgan fingerprint density at radius 3 is 3.04 bits per heavy atom. The van der Waals surface area contributed by atoms with Crippen LogP contribution in [0.1, 0.15) is 9.68 Å². The van der Waals surface area contributed by atoms with Gasteiger partial charge in [0.2, 0.25) is 0 Å². The number of ether oxygens (including phenoxy) is 1. The fourth-order valence-electron chi connectivity index (χ4n) is 2.77. The van der Waals surface area contributed by atoms with Gasteiger partial charge in [0.1, 0.15) is 5.75 Å². The lowest BCUT2D eigenvalue weighted by molar-refractivity contribution is 0.282. The van der Waals surface area contributed by atoms with E-state index in [0.29, 0.717) is 22.1 Å². The van der Waals surface area contributed by atoms with Gasteiger partial charge in [0.15, 0.2) is 0 Å². The molecule has 24 heavy (non-hydrogen) atoms. The first-order chi connectivity index (χ1) is 12.9. The van der Waals surface area contributed by atoms with E-state index in [4.69, 9.17) is 8.85 Å². The number of pyridine rings is 1. The molecule has 0 bridgehead atoms. The molecule has 0 spiro atoms. The van der Waals surface area contributed by atoms with Crippen molar-refractivity contribution in [3.8, 4) is 11.4 Å². The zero-order valence-electron chi connectivity index (χ0n) is 15.5. The lowest BCUT2D eigenvalue weighted by atomic mass is 10.1. The van der Waals surface area contributed by atoms with E-state index >= 15 is 0 Å². The SMILES string of the molecule is [2H]C([2H])([2H])Oc1cccc(-n2[nH]c3c(cnc4cc(CO)ccc43)c2=O)c1. The maximum absolute atomic E-state index is 12.8. The summed E-state index contributed by atoms with van der Waals surface area (Å²) in [5.74, 6) is 0.133. The summed E-state index contributed by atoms with van der Waals surface area (Å²) in [6.45, 7) is -0.0938. The Kier molecular flexibility index (Phi) is 2.62. The van der Waals surface area contributed by atoms with Crippen LogP contribution in [0, 0.1) is 0 Å². The number of aliphatic hydroxyl groups excluding tert-OH is 1. The van der Waals surface area contributed by atoms with E-state index in [0.717, 1.165) is 10.9 Å². The van der Waals surface area contributed by atoms with E-state index < -0.39 is 7.04 Å². The van der Waals surface area contributed by atoms with Crippen LogP contribution in [-0.4, -0.2) is 26.9 Å². The number of benzene rings is 2. The molecule has 0 saturated carbocycles. The summed E-state index contributed by atoms with van der Waals surface area (Å²) in [5, 5.41) is 13.5. The van der Waals surface area contributed by atoms with Crippen LogP contribution in [0.15, 0.2) is 53.5 Å². The van der Waals surface area contributed by atoms with Gasteiger partial charge in [-0.2, -0.15) is 0 Å². The van der Waals surface area contributed by atoms with Crippen LogP contribution in [0.2, 0.25) is 0 Å². The molecule has 2 aromatic heterocycles. The van der Waals surface area contributed by atoms with Crippen molar-refractivity contribution in [3.63, 3.8) is 0 Å². The van der Waals surface area contributed by atoms with Crippen LogP contribution in [0.4, 0.5) is 0 Å². The first-order valence-electron chi connectivity index (χ1n) is 8.78. The zero-order valence-corrected chi connectivity index (χ0v) is 12.5. The number of aliphatic hydroxyl groups is 1. The van der Waals surface area contributed by atoms with Gasteiger partial charge in [-0.3, -0.25) is 14.9 Å². The molecule has 6 nitrogen and oxygen atoms in total. The smallest absolute Gasteiger partial charge is 0.280 e. The predicted octanol–water partition coefficient (Wildman–Crippen LogP) is 2.37. The molecule has 4 rings (SSSR count). The second kappa shape index (κ2) is 5.50. The van der Waals surface area contributed by atoms with Crippen molar-refractivity contribution in [2.45, 2.75) is 6.61 Å². The number of rotatable bonds is 3. The molecule has 2 aromatic carbocycles. The van der Waals surface area contributed by atoms with E-state index in [-0.39, 0.29) is 17.9 Å². The summed E-state index contributed by atoms with van der Waals surface area (Å²) in [6, 6.07) is 11.6. The summed E-state index contributed by atoms with van der Waals surface area (Å²) in [4.78, 5) is 17.1. The Labute approximate surface area is 141 Å². The quantitative estimate of drug-likeness (QED) is 0.606. The maximum atomic E-state index is 12.8. The molecule has 0 amide bonds. The van der Waals surface area contributed by atoms with Gasteiger partial charge in [-0.25, -0.2) is 4.68 Å². The molecule has 0 aliphatic carbocycles. The molecule has 2 N–H and O–H groups in total. The molecule has 4 aromatic rings. The van der Waals surface area contributed by atoms with Crippen LogP contribution >= 0.6 is 0 Å². The van der Waals surface area contributed by atoms with Gasteiger partial charge in [-0.15, -0.1) is 0 Å². The maximum Gasteiger partial charge on any atom is 0.280 e. The molecule has 120 valence electrons. The highest BCUT2D eigenvalue weighted by atomic mass is 16.5. The fraction of sp³-hybridized carbons (Fsp3) is 0.111. The standard InChI is InChI=1S/C18H15N3O3/c1-24-13-4-2-3-12(8-13)21-18(23)15-9-19-16-7-11(10-22)5-6-14(16)17(15)20-21/h2-9,20,22H,10H2,1H3/i1D3. The molecule has 0 aliphatic rings. The van der Waals surface area contributed by atoms with Crippen molar-refractivity contribution in [3.05, 3.63) is 64.6 Å². The van der Waals surface area contributed by atoms with Crippen molar-refractivity contribution >= 4 is 21.8 Å². The number of aromatic amines is 1. The van der Waals surface area contributed by atoms with Gasteiger partial charge < -0.3 is 9.84 Å². The fourth-order valence-corrected chi connectivity index (χ4v) is 2.77. The highest BCUT2D eigenvalue weighted by Crippen LogP contribution is 2.23. The first kappa shape index (κ1) is 11.4. The van der Waals surface area contributed by atoms with E-state index in [1.165, 1.54) is 23.0 Å². The minimum Gasteiger partial charge on any atom is -0.497 e. The molecule has 6 heteroatoms. The normalized spacial score (nSPS) is 13.6. The number of hydrogen-bond donors (Lipinski definition) is 2. The number of nitrogens with zero attached hydrogens (tertiary/aromatic N) is 2. The number of nitrogens with one attached hydrogen (secondary N) is 1. The third-order valence-electron chi connectivity index (χ3n) is 3.97. The van der Waals surface area contributed by atoms with Gasteiger partial charge in [-0.1, -0.05) is 18.2 Å². The van der Waals surface area contributed by atoms with Crippen LogP contribution < -0.4 is 10.3 Å². The van der Waals surface area contributed by atoms with Crippen LogP contribution in [0.25, 0.3) is 27.5 Å². The molecule has 0 unspecified atom stereocenters. The second-order valence-electron chi connectivity index (χ2n) is 5.41. The Morgan fingerprint density at radius 1 is 1.29 bits per heavy atom. The Balaban J connectivity index is 1.88. The third kappa shape index (κ3) is 2.16. The second-order valence-corrected chi connectivity index (χ2v) is 5.41. The summed E-state index contributed by atoms with van der Waals surface area (Å²) in [5.41, 5.74) is 2.12. The lowest BCUT2D eigenvalue weighted by Crippen LogP contribution is -2.14. The molecular formula is C18H15N3O3. The minimum absolute atomic E-state index is 0.0938. The van der Waals surface area contributed by atoms with Gasteiger partial charge in [0, 0.05) is 17.6 Å². The minimum atomic E-state index is -2.57. The first-order valence-corrected chi connectivity index (χ1v) is 7.28. The van der Waals surface area contributed by atoms with Crippen molar-refractivity contribution < 1.29 is 14.0 Å². The molecule has 2 heterocycles. The van der Waals surface area contributed by atoms with Crippen LogP contribution in [0.5, 0.6) is 5.75 Å². The van der Waals surface area contributed by atoms with Gasteiger partial charge in [-0.05, 0) is 23.8 Å². The van der Waals surface area contributed by atoms with Crippen LogP contribution in [0.3, 0.4) is 0 Å². The Bertz CT molecular complexity index is 1210. The summed E-state index contributed by atoms with van der Waals surface area (Å²) >= 11 is 0. The van der Waals surface area contributed by atoms with E-state index in [1.807, 2.05) is 0 Å². The van der Waals surface area contributed by atoms with Crippen molar-refractivity contribution in [1.29, 1.82) is 0 Å². The third-order valence-corrected chi connectivity index (χ3v) is 3.97. The summed E-state index contributed by atoms with van der Waals surface area (Å²) in [7, 11) is -2.57. The van der Waals surface area contributed by atoms with Crippen LogP contribution in [-0.2, 0) is 6.61 Å². The van der Waals surface area contributed by atoms with Gasteiger partial charge >= 0.3 is 0 Å². The molecular weight excluding hydrogens is 306 g/mol. The molecule has 0 saturated heterocycles. The predicted molar refractivity (Wildman–Crippen MR) is 91.7 cm³/mol. The molecule has 0 atom stereocenters. The highest BCUT2D eigenvalue weighted by Gasteiger charge is 2.12. The zero-order chi connectivity index (χ0) is 19.2. The summed E-state index contributed by atoms with van der Waals surface area (Å²) in [6.07, 6.45) is 1.48. The summed E-state index contributed by atoms with van der Waals surface area (Å²) < 4.78 is 27.8. The topological polar surface area (TPSA) is 80.1 Å². The average molecular weight is 324 g/mol. The van der Waals surface area contributed by atoms with E-state index in [9.17, 15) is 9.90 Å². The Morgan fingerprint density at radius 2 is 2.21 bits per heavy atom.